The number of carbonyl (C=O) groups is 1. The molecule has 2 aromatic rings. The van der Waals surface area contributed by atoms with Crippen LogP contribution >= 0.6 is 0 Å². The largest absolute Gasteiger partial charge is 0.349 e. The molecule has 3 atom stereocenters. The highest BCUT2D eigenvalue weighted by Gasteiger charge is 2.29. The molecule has 0 saturated carbocycles. The number of rotatable bonds is 4. The summed E-state index contributed by atoms with van der Waals surface area (Å²) in [6.07, 6.45) is 1.48. The topological polar surface area (TPSA) is 57.8 Å². The third kappa shape index (κ3) is 3.03. The maximum absolute atomic E-state index is 12.5. The van der Waals surface area contributed by atoms with Gasteiger partial charge in [0.2, 0.25) is 5.91 Å². The van der Waals surface area contributed by atoms with Crippen LogP contribution in [-0.4, -0.2) is 16.1 Å². The van der Waals surface area contributed by atoms with Crippen molar-refractivity contribution in [3.8, 4) is 0 Å². The lowest BCUT2D eigenvalue weighted by atomic mass is 9.95. The summed E-state index contributed by atoms with van der Waals surface area (Å²) in [5.41, 5.74) is 5.86. The average Bonchev–Trinajstić information content (AvgIpc) is 3.00. The first-order chi connectivity index (χ1) is 11.0. The van der Waals surface area contributed by atoms with Crippen molar-refractivity contribution in [1.82, 2.24) is 15.5 Å². The van der Waals surface area contributed by atoms with Crippen molar-refractivity contribution in [2.24, 2.45) is 0 Å². The number of nitrogens with one attached hydrogen (secondary N) is 2. The van der Waals surface area contributed by atoms with E-state index in [0.717, 1.165) is 17.8 Å². The summed E-state index contributed by atoms with van der Waals surface area (Å²) in [4.78, 5) is 12.5. The van der Waals surface area contributed by atoms with E-state index in [2.05, 4.69) is 53.6 Å². The van der Waals surface area contributed by atoms with E-state index in [-0.39, 0.29) is 17.9 Å². The lowest BCUT2D eigenvalue weighted by Gasteiger charge is -2.17. The summed E-state index contributed by atoms with van der Waals surface area (Å²) < 4.78 is 0. The van der Waals surface area contributed by atoms with Crippen molar-refractivity contribution in [2.45, 2.75) is 58.4 Å². The number of aromatic nitrogens is 2. The Balaban J connectivity index is 1.67. The van der Waals surface area contributed by atoms with E-state index >= 15 is 0 Å². The molecule has 3 rings (SSSR count). The average molecular weight is 311 g/mol. The maximum Gasteiger partial charge on any atom is 0.221 e. The van der Waals surface area contributed by atoms with Crippen molar-refractivity contribution in [3.63, 3.8) is 0 Å². The van der Waals surface area contributed by atoms with Crippen molar-refractivity contribution < 1.29 is 4.79 Å². The van der Waals surface area contributed by atoms with Crippen molar-refractivity contribution in [2.75, 3.05) is 0 Å². The molecule has 0 bridgehead atoms. The Morgan fingerprint density at radius 1 is 1.35 bits per heavy atom. The van der Waals surface area contributed by atoms with Gasteiger partial charge in [0.1, 0.15) is 0 Å². The van der Waals surface area contributed by atoms with Gasteiger partial charge in [-0.05, 0) is 48.8 Å². The predicted octanol–water partition coefficient (Wildman–Crippen LogP) is 3.88. The number of benzene rings is 1. The van der Waals surface area contributed by atoms with Crippen LogP contribution < -0.4 is 5.32 Å². The lowest BCUT2D eigenvalue weighted by Crippen LogP contribution is -2.28. The second-order valence-corrected chi connectivity index (χ2v) is 6.84. The Hall–Kier alpha value is -2.10. The molecule has 23 heavy (non-hydrogen) atoms. The molecule has 2 N–H and O–H groups in total. The van der Waals surface area contributed by atoms with Crippen molar-refractivity contribution >= 4 is 5.91 Å². The SMILES string of the molecule is Cc1n[nH]c(C)c1[C@H](C)CC(=O)N[C@@H]1C[C@@H](C)c2ccccc21. The smallest absolute Gasteiger partial charge is 0.221 e. The van der Waals surface area contributed by atoms with E-state index in [0.29, 0.717) is 12.3 Å². The van der Waals surface area contributed by atoms with Gasteiger partial charge in [0.15, 0.2) is 0 Å². The quantitative estimate of drug-likeness (QED) is 0.900. The summed E-state index contributed by atoms with van der Waals surface area (Å²) in [5, 5.41) is 10.5. The zero-order valence-electron chi connectivity index (χ0n) is 14.3. The first-order valence-corrected chi connectivity index (χ1v) is 8.37. The molecule has 1 aromatic carbocycles. The van der Waals surface area contributed by atoms with Crippen LogP contribution in [0.25, 0.3) is 0 Å². The number of H-pyrrole nitrogens is 1. The predicted molar refractivity (Wildman–Crippen MR) is 91.5 cm³/mol. The van der Waals surface area contributed by atoms with Crippen LogP contribution in [-0.2, 0) is 4.79 Å². The fourth-order valence-corrected chi connectivity index (χ4v) is 3.94. The fraction of sp³-hybridized carbons (Fsp3) is 0.474. The fourth-order valence-electron chi connectivity index (χ4n) is 3.94. The number of amides is 1. The number of aromatic amines is 1. The number of fused-ring (bicyclic) bond motifs is 1. The van der Waals surface area contributed by atoms with Crippen molar-refractivity contribution in [1.29, 1.82) is 0 Å². The van der Waals surface area contributed by atoms with Gasteiger partial charge in [0.25, 0.3) is 0 Å². The summed E-state index contributed by atoms with van der Waals surface area (Å²) in [5.74, 6) is 0.793. The molecule has 0 spiro atoms. The molecule has 1 aromatic heterocycles. The van der Waals surface area contributed by atoms with Crippen LogP contribution in [0.3, 0.4) is 0 Å². The van der Waals surface area contributed by atoms with Gasteiger partial charge in [0, 0.05) is 12.1 Å². The van der Waals surface area contributed by atoms with E-state index in [1.807, 2.05) is 13.8 Å². The molecule has 0 saturated heterocycles. The second kappa shape index (κ2) is 6.19. The Kier molecular flexibility index (Phi) is 4.24. The molecular weight excluding hydrogens is 286 g/mol. The maximum atomic E-state index is 12.5. The molecule has 122 valence electrons. The van der Waals surface area contributed by atoms with Gasteiger partial charge in [0.05, 0.1) is 11.7 Å². The standard InChI is InChI=1S/C19H25N3O/c1-11-9-17(16-8-6-5-7-15(11)16)20-18(23)10-12(2)19-13(3)21-22-14(19)4/h5-8,11-12,17H,9-10H2,1-4H3,(H,20,23)(H,21,22)/t11-,12-,17-/m1/s1. The number of hydrogen-bond acceptors (Lipinski definition) is 2. The third-order valence-electron chi connectivity index (χ3n) is 5.00. The second-order valence-electron chi connectivity index (χ2n) is 6.84. The van der Waals surface area contributed by atoms with E-state index in [1.54, 1.807) is 0 Å². The number of nitrogens with zero attached hydrogens (tertiary/aromatic N) is 1. The molecule has 4 heteroatoms. The summed E-state index contributed by atoms with van der Waals surface area (Å²) in [6, 6.07) is 8.58. The van der Waals surface area contributed by atoms with Gasteiger partial charge in [-0.3, -0.25) is 9.89 Å². The van der Waals surface area contributed by atoms with Crippen molar-refractivity contribution in [3.05, 3.63) is 52.3 Å². The summed E-state index contributed by atoms with van der Waals surface area (Å²) in [6.45, 7) is 8.32. The third-order valence-corrected chi connectivity index (χ3v) is 5.00. The minimum Gasteiger partial charge on any atom is -0.349 e. The molecule has 0 unspecified atom stereocenters. The molecule has 1 heterocycles. The molecule has 0 radical (unpaired) electrons. The molecule has 0 fully saturated rings. The molecule has 4 nitrogen and oxygen atoms in total. The highest BCUT2D eigenvalue weighted by molar-refractivity contribution is 5.77. The first kappa shape index (κ1) is 15.8. The van der Waals surface area contributed by atoms with Gasteiger partial charge in [-0.1, -0.05) is 38.1 Å². The van der Waals surface area contributed by atoms with E-state index < -0.39 is 0 Å². The Morgan fingerprint density at radius 3 is 2.70 bits per heavy atom. The zero-order valence-corrected chi connectivity index (χ0v) is 14.3. The first-order valence-electron chi connectivity index (χ1n) is 8.37. The van der Waals surface area contributed by atoms with Crippen LogP contribution in [0, 0.1) is 13.8 Å². The minimum absolute atomic E-state index is 0.117. The number of carbonyl (C=O) groups excluding carboxylic acids is 1. The van der Waals surface area contributed by atoms with Crippen LogP contribution in [0.1, 0.15) is 72.6 Å². The Morgan fingerprint density at radius 2 is 2.04 bits per heavy atom. The van der Waals surface area contributed by atoms with E-state index in [1.165, 1.54) is 16.7 Å². The molecule has 0 aliphatic heterocycles. The normalized spacial score (nSPS) is 21.0. The van der Waals surface area contributed by atoms with E-state index in [4.69, 9.17) is 0 Å². The highest BCUT2D eigenvalue weighted by Crippen LogP contribution is 2.39. The lowest BCUT2D eigenvalue weighted by molar-refractivity contribution is -0.122. The van der Waals surface area contributed by atoms with Gasteiger partial charge in [-0.2, -0.15) is 5.10 Å². The minimum atomic E-state index is 0.117. The summed E-state index contributed by atoms with van der Waals surface area (Å²) >= 11 is 0. The Bertz CT molecular complexity index is 700. The zero-order chi connectivity index (χ0) is 16.6. The Labute approximate surface area is 137 Å². The van der Waals surface area contributed by atoms with E-state index in [9.17, 15) is 4.79 Å². The van der Waals surface area contributed by atoms with Gasteiger partial charge >= 0.3 is 0 Å². The molecule has 1 aliphatic rings. The molecule has 1 amide bonds. The highest BCUT2D eigenvalue weighted by atomic mass is 16.1. The monoisotopic (exact) mass is 311 g/mol. The summed E-state index contributed by atoms with van der Waals surface area (Å²) in [7, 11) is 0. The number of aryl methyl sites for hydroxylation is 2. The van der Waals surface area contributed by atoms with Crippen LogP contribution in [0.2, 0.25) is 0 Å². The molecular formula is C19H25N3O. The molecule has 1 aliphatic carbocycles. The van der Waals surface area contributed by atoms with Crippen LogP contribution in [0.4, 0.5) is 0 Å². The van der Waals surface area contributed by atoms with Crippen LogP contribution in [0.5, 0.6) is 0 Å². The van der Waals surface area contributed by atoms with Crippen LogP contribution in [0.15, 0.2) is 24.3 Å². The number of hydrogen-bond donors (Lipinski definition) is 2. The van der Waals surface area contributed by atoms with Gasteiger partial charge in [-0.25, -0.2) is 0 Å². The van der Waals surface area contributed by atoms with Gasteiger partial charge in [-0.15, -0.1) is 0 Å². The van der Waals surface area contributed by atoms with Gasteiger partial charge < -0.3 is 5.32 Å².